The van der Waals surface area contributed by atoms with Crippen molar-refractivity contribution in [1.29, 1.82) is 0 Å². The number of aliphatic hydroxyl groups is 1. The van der Waals surface area contributed by atoms with E-state index in [4.69, 9.17) is 4.74 Å². The summed E-state index contributed by atoms with van der Waals surface area (Å²) in [6, 6.07) is 8.05. The maximum Gasteiger partial charge on any atom is 0.416 e. The smallest absolute Gasteiger partial charge is 0.416 e. The first-order valence-electron chi connectivity index (χ1n) is 7.20. The number of carbonyl (C=O) groups is 1. The summed E-state index contributed by atoms with van der Waals surface area (Å²) in [5.74, 6) is -1.49. The van der Waals surface area contributed by atoms with Crippen molar-refractivity contribution in [3.05, 3.63) is 65.0 Å². The average Bonchev–Trinajstić information content (AvgIpc) is 2.58. The predicted octanol–water partition coefficient (Wildman–Crippen LogP) is 3.32. The fraction of sp³-hybridized carbons (Fsp3) is 0.235. The van der Waals surface area contributed by atoms with Crippen LogP contribution in [0.4, 0.5) is 17.6 Å². The third-order valence-corrected chi connectivity index (χ3v) is 3.50. The molecule has 4 nitrogen and oxygen atoms in total. The Balaban J connectivity index is 2.10. The highest BCUT2D eigenvalue weighted by molar-refractivity contribution is 5.94. The molecular weight excluding hydrogens is 342 g/mol. The van der Waals surface area contributed by atoms with Gasteiger partial charge in [0.25, 0.3) is 5.91 Å². The van der Waals surface area contributed by atoms with Crippen LogP contribution in [0.3, 0.4) is 0 Å². The zero-order chi connectivity index (χ0) is 18.6. The molecule has 2 aromatic carbocycles. The maximum atomic E-state index is 13.8. The number of hydrogen-bond acceptors (Lipinski definition) is 3. The van der Waals surface area contributed by atoms with E-state index in [0.717, 1.165) is 18.2 Å². The molecule has 1 amide bonds. The number of rotatable bonds is 5. The molecule has 2 rings (SSSR count). The largest absolute Gasteiger partial charge is 0.497 e. The number of amides is 1. The minimum atomic E-state index is -4.64. The lowest BCUT2D eigenvalue weighted by Crippen LogP contribution is -2.30. The van der Waals surface area contributed by atoms with Gasteiger partial charge in [-0.15, -0.1) is 0 Å². The Morgan fingerprint density at radius 2 is 1.92 bits per heavy atom. The van der Waals surface area contributed by atoms with Gasteiger partial charge in [-0.3, -0.25) is 4.79 Å². The molecule has 1 atom stereocenters. The molecule has 0 aliphatic heterocycles. The lowest BCUT2D eigenvalue weighted by molar-refractivity contribution is -0.139. The van der Waals surface area contributed by atoms with E-state index in [2.05, 4.69) is 5.32 Å². The molecule has 0 fully saturated rings. The highest BCUT2D eigenvalue weighted by atomic mass is 19.4. The maximum absolute atomic E-state index is 13.8. The summed E-state index contributed by atoms with van der Waals surface area (Å²) in [6.07, 6.45) is -6.23. The summed E-state index contributed by atoms with van der Waals surface area (Å²) < 4.78 is 57.4. The minimum Gasteiger partial charge on any atom is -0.497 e. The van der Waals surface area contributed by atoms with Crippen LogP contribution < -0.4 is 10.1 Å². The summed E-state index contributed by atoms with van der Waals surface area (Å²) in [6.45, 7) is -0.503. The van der Waals surface area contributed by atoms with Gasteiger partial charge in [-0.05, 0) is 23.8 Å². The van der Waals surface area contributed by atoms with Gasteiger partial charge in [-0.2, -0.15) is 13.2 Å². The number of alkyl halides is 3. The van der Waals surface area contributed by atoms with Gasteiger partial charge in [0.2, 0.25) is 0 Å². The lowest BCUT2D eigenvalue weighted by Gasteiger charge is -2.18. The van der Waals surface area contributed by atoms with E-state index in [1.54, 1.807) is 0 Å². The van der Waals surface area contributed by atoms with Gasteiger partial charge >= 0.3 is 6.18 Å². The molecule has 0 radical (unpaired) electrons. The number of methoxy groups -OCH3 is 1. The Bertz CT molecular complexity index is 762. The van der Waals surface area contributed by atoms with Crippen LogP contribution in [0.15, 0.2) is 42.5 Å². The van der Waals surface area contributed by atoms with E-state index in [1.807, 2.05) is 0 Å². The van der Waals surface area contributed by atoms with Crippen molar-refractivity contribution in [2.24, 2.45) is 0 Å². The normalized spacial score (nSPS) is 12.6. The van der Waals surface area contributed by atoms with Crippen LogP contribution in [-0.2, 0) is 6.18 Å². The molecule has 0 saturated carbocycles. The summed E-state index contributed by atoms with van der Waals surface area (Å²) >= 11 is 0. The first-order chi connectivity index (χ1) is 11.7. The number of halogens is 4. The summed E-state index contributed by atoms with van der Waals surface area (Å²) in [7, 11) is 1.34. The third kappa shape index (κ3) is 4.48. The number of ether oxygens (including phenoxy) is 1. The molecule has 2 N–H and O–H groups in total. The molecule has 0 spiro atoms. The van der Waals surface area contributed by atoms with Crippen molar-refractivity contribution in [1.82, 2.24) is 5.32 Å². The predicted molar refractivity (Wildman–Crippen MR) is 81.7 cm³/mol. The van der Waals surface area contributed by atoms with E-state index in [9.17, 15) is 27.5 Å². The molecule has 0 aromatic heterocycles. The molecule has 2 aromatic rings. The van der Waals surface area contributed by atoms with Crippen molar-refractivity contribution in [2.75, 3.05) is 13.7 Å². The topological polar surface area (TPSA) is 58.6 Å². The van der Waals surface area contributed by atoms with Gasteiger partial charge in [0, 0.05) is 12.6 Å². The quantitative estimate of drug-likeness (QED) is 0.807. The average molecular weight is 357 g/mol. The number of carbonyl (C=O) groups excluding carboxylic acids is 1. The van der Waals surface area contributed by atoms with Crippen LogP contribution in [0.1, 0.15) is 27.6 Å². The Hall–Kier alpha value is -2.61. The molecular formula is C17H15F4NO3. The fourth-order valence-corrected chi connectivity index (χ4v) is 2.25. The van der Waals surface area contributed by atoms with Gasteiger partial charge in [0.1, 0.15) is 11.6 Å². The van der Waals surface area contributed by atoms with Gasteiger partial charge in [-0.1, -0.05) is 18.2 Å². The van der Waals surface area contributed by atoms with E-state index >= 15 is 0 Å². The molecule has 1 unspecified atom stereocenters. The summed E-state index contributed by atoms with van der Waals surface area (Å²) in [5, 5.41) is 12.2. The molecule has 0 bridgehead atoms. The van der Waals surface area contributed by atoms with Crippen LogP contribution in [-0.4, -0.2) is 24.7 Å². The van der Waals surface area contributed by atoms with Gasteiger partial charge in [-0.25, -0.2) is 4.39 Å². The number of hydrogen-bond donors (Lipinski definition) is 2. The van der Waals surface area contributed by atoms with Gasteiger partial charge in [0.05, 0.1) is 24.3 Å². The molecule has 0 aliphatic rings. The van der Waals surface area contributed by atoms with Crippen molar-refractivity contribution in [3.63, 3.8) is 0 Å². The van der Waals surface area contributed by atoms with Gasteiger partial charge in [0.15, 0.2) is 0 Å². The lowest BCUT2D eigenvalue weighted by atomic mass is 10.0. The second-order valence-corrected chi connectivity index (χ2v) is 5.16. The second kappa shape index (κ2) is 7.52. The van der Waals surface area contributed by atoms with Crippen LogP contribution >= 0.6 is 0 Å². The van der Waals surface area contributed by atoms with Gasteiger partial charge < -0.3 is 15.2 Å². The van der Waals surface area contributed by atoms with E-state index in [0.29, 0.717) is 0 Å². The Morgan fingerprint density at radius 3 is 2.52 bits per heavy atom. The number of nitrogens with one attached hydrogen (secondary N) is 1. The second-order valence-electron chi connectivity index (χ2n) is 5.16. The van der Waals surface area contributed by atoms with Crippen molar-refractivity contribution in [3.8, 4) is 5.75 Å². The Labute approximate surface area is 141 Å². The molecule has 0 heterocycles. The minimum absolute atomic E-state index is 0.216. The monoisotopic (exact) mass is 357 g/mol. The highest BCUT2D eigenvalue weighted by Gasteiger charge is 2.34. The van der Waals surface area contributed by atoms with Crippen molar-refractivity contribution in [2.45, 2.75) is 12.3 Å². The first kappa shape index (κ1) is 18.7. The van der Waals surface area contributed by atoms with E-state index in [1.165, 1.54) is 31.4 Å². The zero-order valence-electron chi connectivity index (χ0n) is 13.1. The first-order valence-corrected chi connectivity index (χ1v) is 7.20. The molecule has 134 valence electrons. The number of benzene rings is 2. The van der Waals surface area contributed by atoms with Crippen LogP contribution in [0, 0.1) is 5.82 Å². The molecule has 0 saturated heterocycles. The van der Waals surface area contributed by atoms with Crippen molar-refractivity contribution < 1.29 is 32.2 Å². The standard InChI is InChI=1S/C17H15F4NO3/c1-25-10-6-7-12(14(18)8-10)16(24)22-9-15(23)11-4-2-3-5-13(11)17(19,20)21/h2-8,15,23H,9H2,1H3,(H,22,24). The highest BCUT2D eigenvalue weighted by Crippen LogP contribution is 2.34. The number of aliphatic hydroxyl groups excluding tert-OH is 1. The van der Waals surface area contributed by atoms with Crippen LogP contribution in [0.2, 0.25) is 0 Å². The van der Waals surface area contributed by atoms with E-state index in [-0.39, 0.29) is 16.9 Å². The summed E-state index contributed by atoms with van der Waals surface area (Å²) in [4.78, 5) is 12.0. The Kier molecular flexibility index (Phi) is 5.63. The van der Waals surface area contributed by atoms with Crippen molar-refractivity contribution >= 4 is 5.91 Å². The van der Waals surface area contributed by atoms with Crippen LogP contribution in [0.5, 0.6) is 5.75 Å². The summed E-state index contributed by atoms with van der Waals surface area (Å²) in [5.41, 5.74) is -1.67. The molecule has 0 aliphatic carbocycles. The fourth-order valence-electron chi connectivity index (χ4n) is 2.25. The Morgan fingerprint density at radius 1 is 1.24 bits per heavy atom. The zero-order valence-corrected chi connectivity index (χ0v) is 13.1. The molecule has 8 heteroatoms. The molecule has 25 heavy (non-hydrogen) atoms. The van der Waals surface area contributed by atoms with E-state index < -0.39 is 36.1 Å². The third-order valence-electron chi connectivity index (χ3n) is 3.50. The SMILES string of the molecule is COc1ccc(C(=O)NCC(O)c2ccccc2C(F)(F)F)c(F)c1. The van der Waals surface area contributed by atoms with Crippen LogP contribution in [0.25, 0.3) is 0 Å².